The monoisotopic (exact) mass is 233 g/mol. The Labute approximate surface area is 103 Å². The topological polar surface area (TPSA) is 12.0 Å². The summed E-state index contributed by atoms with van der Waals surface area (Å²) < 4.78 is 14.2. The van der Waals surface area contributed by atoms with Gasteiger partial charge in [-0.3, -0.25) is 0 Å². The highest BCUT2D eigenvalue weighted by Gasteiger charge is 2.17. The van der Waals surface area contributed by atoms with Crippen molar-refractivity contribution in [3.8, 4) is 0 Å². The molecule has 1 saturated heterocycles. The van der Waals surface area contributed by atoms with Crippen LogP contribution in [0, 0.1) is 19.8 Å². The van der Waals surface area contributed by atoms with Crippen molar-refractivity contribution >= 4 is 6.08 Å². The summed E-state index contributed by atoms with van der Waals surface area (Å²) in [6.07, 6.45) is 3.56. The molecule has 0 radical (unpaired) electrons. The van der Waals surface area contributed by atoms with Gasteiger partial charge >= 0.3 is 0 Å². The lowest BCUT2D eigenvalue weighted by atomic mass is 9.94. The van der Waals surface area contributed by atoms with Crippen LogP contribution in [0.5, 0.6) is 0 Å². The number of aryl methyl sites for hydroxylation is 2. The van der Waals surface area contributed by atoms with Crippen LogP contribution in [0.2, 0.25) is 0 Å². The van der Waals surface area contributed by atoms with E-state index in [4.69, 9.17) is 0 Å². The summed E-state index contributed by atoms with van der Waals surface area (Å²) in [5, 5.41) is 3.26. The number of benzene rings is 1. The van der Waals surface area contributed by atoms with E-state index in [2.05, 4.69) is 5.32 Å². The molecule has 1 aromatic rings. The Hall–Kier alpha value is -1.15. The van der Waals surface area contributed by atoms with Gasteiger partial charge in [-0.1, -0.05) is 18.2 Å². The van der Waals surface area contributed by atoms with Crippen LogP contribution in [0.4, 0.5) is 4.39 Å². The second-order valence-electron chi connectivity index (χ2n) is 4.86. The molecule has 1 fully saturated rings. The third-order valence-corrected chi connectivity index (χ3v) is 3.55. The zero-order valence-corrected chi connectivity index (χ0v) is 10.6. The van der Waals surface area contributed by atoms with Crippen molar-refractivity contribution in [1.29, 1.82) is 0 Å². The average Bonchev–Trinajstić information content (AvgIpc) is 2.35. The number of nitrogens with one attached hydrogen (secondary N) is 1. The highest BCUT2D eigenvalue weighted by Crippen LogP contribution is 2.26. The van der Waals surface area contributed by atoms with E-state index in [1.165, 1.54) is 0 Å². The SMILES string of the molecule is Cc1cccc(C)c1/C=C(\F)C1CCNCC1. The standard InChI is InChI=1S/C15H20FN/c1-11-4-3-5-12(2)14(11)10-15(16)13-6-8-17-9-7-13/h3-5,10,13,17H,6-9H2,1-2H3/b15-10-. The summed E-state index contributed by atoms with van der Waals surface area (Å²) in [5.74, 6) is 0.152. The van der Waals surface area contributed by atoms with Crippen LogP contribution in [-0.4, -0.2) is 13.1 Å². The van der Waals surface area contributed by atoms with Gasteiger partial charge in [-0.2, -0.15) is 0 Å². The Bertz CT molecular complexity index is 397. The Balaban J connectivity index is 2.22. The van der Waals surface area contributed by atoms with Crippen molar-refractivity contribution < 1.29 is 4.39 Å². The molecule has 0 saturated carbocycles. The molecule has 1 nitrogen and oxygen atoms in total. The lowest BCUT2D eigenvalue weighted by Crippen LogP contribution is -2.27. The second kappa shape index (κ2) is 5.46. The normalized spacial score (nSPS) is 18.4. The third-order valence-electron chi connectivity index (χ3n) is 3.55. The van der Waals surface area contributed by atoms with Gasteiger partial charge in [-0.15, -0.1) is 0 Å². The van der Waals surface area contributed by atoms with E-state index in [9.17, 15) is 4.39 Å². The smallest absolute Gasteiger partial charge is 0.104 e. The minimum atomic E-state index is 0.0453. The highest BCUT2D eigenvalue weighted by molar-refractivity contribution is 5.59. The van der Waals surface area contributed by atoms with Gasteiger partial charge in [0.1, 0.15) is 5.83 Å². The maximum absolute atomic E-state index is 14.2. The maximum Gasteiger partial charge on any atom is 0.104 e. The van der Waals surface area contributed by atoms with E-state index in [1.54, 1.807) is 6.08 Å². The van der Waals surface area contributed by atoms with Crippen molar-refractivity contribution in [3.05, 3.63) is 40.7 Å². The molecule has 1 aromatic carbocycles. The van der Waals surface area contributed by atoms with Crippen molar-refractivity contribution in [2.45, 2.75) is 26.7 Å². The van der Waals surface area contributed by atoms with E-state index in [0.717, 1.165) is 42.6 Å². The Morgan fingerprint density at radius 3 is 2.41 bits per heavy atom. The minimum Gasteiger partial charge on any atom is -0.317 e. The number of hydrogen-bond donors (Lipinski definition) is 1. The molecule has 1 N–H and O–H groups in total. The zero-order valence-electron chi connectivity index (χ0n) is 10.6. The van der Waals surface area contributed by atoms with Crippen LogP contribution in [-0.2, 0) is 0 Å². The van der Waals surface area contributed by atoms with Crippen LogP contribution >= 0.6 is 0 Å². The van der Waals surface area contributed by atoms with E-state index in [1.807, 2.05) is 32.0 Å². The molecule has 1 heterocycles. The molecular formula is C15H20FN. The first-order chi connectivity index (χ1) is 8.18. The minimum absolute atomic E-state index is 0.0453. The van der Waals surface area contributed by atoms with E-state index >= 15 is 0 Å². The molecule has 2 heteroatoms. The highest BCUT2D eigenvalue weighted by atomic mass is 19.1. The Kier molecular flexibility index (Phi) is 3.95. The molecule has 0 unspecified atom stereocenters. The molecule has 17 heavy (non-hydrogen) atoms. The van der Waals surface area contributed by atoms with Gasteiger partial charge in [0.25, 0.3) is 0 Å². The van der Waals surface area contributed by atoms with Gasteiger partial charge in [0, 0.05) is 5.92 Å². The quantitative estimate of drug-likeness (QED) is 0.822. The molecule has 1 aliphatic heterocycles. The number of halogens is 1. The van der Waals surface area contributed by atoms with E-state index < -0.39 is 0 Å². The van der Waals surface area contributed by atoms with Gasteiger partial charge in [0.05, 0.1) is 0 Å². The van der Waals surface area contributed by atoms with Crippen molar-refractivity contribution in [2.75, 3.05) is 13.1 Å². The summed E-state index contributed by atoms with van der Waals surface area (Å²) in [7, 11) is 0. The van der Waals surface area contributed by atoms with Crippen molar-refractivity contribution in [2.24, 2.45) is 5.92 Å². The second-order valence-corrected chi connectivity index (χ2v) is 4.86. The van der Waals surface area contributed by atoms with E-state index in [-0.39, 0.29) is 11.7 Å². The third kappa shape index (κ3) is 2.95. The largest absolute Gasteiger partial charge is 0.317 e. The molecule has 0 aromatic heterocycles. The first kappa shape index (κ1) is 12.3. The predicted octanol–water partition coefficient (Wildman–Crippen LogP) is 3.61. The fourth-order valence-corrected chi connectivity index (χ4v) is 2.41. The Morgan fingerprint density at radius 1 is 1.24 bits per heavy atom. The van der Waals surface area contributed by atoms with Crippen molar-refractivity contribution in [3.63, 3.8) is 0 Å². The van der Waals surface area contributed by atoms with Crippen LogP contribution in [0.25, 0.3) is 6.08 Å². The summed E-state index contributed by atoms with van der Waals surface area (Å²) in [5.41, 5.74) is 3.34. The van der Waals surface area contributed by atoms with Gasteiger partial charge in [0.2, 0.25) is 0 Å². The number of rotatable bonds is 2. The lowest BCUT2D eigenvalue weighted by Gasteiger charge is -2.21. The zero-order chi connectivity index (χ0) is 12.3. The fourth-order valence-electron chi connectivity index (χ4n) is 2.41. The Morgan fingerprint density at radius 2 is 1.82 bits per heavy atom. The van der Waals surface area contributed by atoms with Crippen LogP contribution in [0.3, 0.4) is 0 Å². The summed E-state index contributed by atoms with van der Waals surface area (Å²) in [6.45, 7) is 5.93. The summed E-state index contributed by atoms with van der Waals surface area (Å²) >= 11 is 0. The van der Waals surface area contributed by atoms with Gasteiger partial charge in [0.15, 0.2) is 0 Å². The number of allylic oxidation sites excluding steroid dienone is 1. The van der Waals surface area contributed by atoms with Crippen molar-refractivity contribution in [1.82, 2.24) is 5.32 Å². The van der Waals surface area contributed by atoms with Crippen LogP contribution < -0.4 is 5.32 Å². The molecule has 2 rings (SSSR count). The van der Waals surface area contributed by atoms with Gasteiger partial charge in [-0.05, 0) is 62.5 Å². The van der Waals surface area contributed by atoms with Gasteiger partial charge < -0.3 is 5.32 Å². The molecule has 0 atom stereocenters. The molecule has 92 valence electrons. The predicted molar refractivity (Wildman–Crippen MR) is 70.6 cm³/mol. The lowest BCUT2D eigenvalue weighted by molar-refractivity contribution is 0.364. The van der Waals surface area contributed by atoms with Gasteiger partial charge in [-0.25, -0.2) is 4.39 Å². The first-order valence-electron chi connectivity index (χ1n) is 6.32. The average molecular weight is 233 g/mol. The van der Waals surface area contributed by atoms with Crippen LogP contribution in [0.1, 0.15) is 29.5 Å². The maximum atomic E-state index is 14.2. The first-order valence-corrected chi connectivity index (χ1v) is 6.32. The molecule has 0 amide bonds. The molecule has 0 spiro atoms. The molecule has 1 aliphatic rings. The summed E-state index contributed by atoms with van der Waals surface area (Å²) in [4.78, 5) is 0. The van der Waals surface area contributed by atoms with E-state index in [0.29, 0.717) is 0 Å². The fraction of sp³-hybridized carbons (Fsp3) is 0.467. The van der Waals surface area contributed by atoms with Crippen LogP contribution in [0.15, 0.2) is 24.0 Å². The summed E-state index contributed by atoms with van der Waals surface area (Å²) in [6, 6.07) is 6.09. The number of hydrogen-bond acceptors (Lipinski definition) is 1. The molecule has 0 aliphatic carbocycles. The molecule has 0 bridgehead atoms. The molecular weight excluding hydrogens is 213 g/mol. The number of piperidine rings is 1.